The third-order valence-electron chi connectivity index (χ3n) is 3.48. The first-order valence-electron chi connectivity index (χ1n) is 7.24. The van der Waals surface area contributed by atoms with Crippen LogP contribution >= 0.6 is 0 Å². The zero-order valence-corrected chi connectivity index (χ0v) is 12.7. The number of rotatable bonds is 2. The van der Waals surface area contributed by atoms with Crippen molar-refractivity contribution in [2.75, 3.05) is 18.0 Å². The molecule has 1 aliphatic heterocycles. The number of pyridine rings is 1. The molecule has 3 heterocycles. The molecule has 126 valence electrons. The lowest BCUT2D eigenvalue weighted by molar-refractivity contribution is -0.141. The molecule has 1 atom stereocenters. The van der Waals surface area contributed by atoms with Gasteiger partial charge in [0.25, 0.3) is 0 Å². The highest BCUT2D eigenvalue weighted by Gasteiger charge is 2.35. The van der Waals surface area contributed by atoms with Gasteiger partial charge in [-0.3, -0.25) is 9.78 Å². The van der Waals surface area contributed by atoms with E-state index in [9.17, 15) is 18.0 Å². The Balaban J connectivity index is 2.07. The summed E-state index contributed by atoms with van der Waals surface area (Å²) in [6.07, 6.45) is -1.71. The number of hydrogen-bond acceptors (Lipinski definition) is 5. The summed E-state index contributed by atoms with van der Waals surface area (Å²) < 4.78 is 39.5. The van der Waals surface area contributed by atoms with Crippen LogP contribution in [-0.2, 0) is 11.0 Å². The van der Waals surface area contributed by atoms with E-state index in [0.29, 0.717) is 12.1 Å². The van der Waals surface area contributed by atoms with Crippen molar-refractivity contribution in [2.45, 2.75) is 19.1 Å². The molecule has 1 amide bonds. The quantitative estimate of drug-likeness (QED) is 0.906. The Morgan fingerprint density at radius 2 is 2.12 bits per heavy atom. The van der Waals surface area contributed by atoms with Crippen LogP contribution in [0.3, 0.4) is 0 Å². The number of nitrogens with one attached hydrogen (secondary N) is 1. The maximum absolute atomic E-state index is 13.2. The van der Waals surface area contributed by atoms with Gasteiger partial charge in [0.2, 0.25) is 5.91 Å². The highest BCUT2D eigenvalue weighted by Crippen LogP contribution is 2.31. The van der Waals surface area contributed by atoms with Crippen molar-refractivity contribution in [3.8, 4) is 11.4 Å². The molecule has 0 aliphatic carbocycles. The van der Waals surface area contributed by atoms with E-state index in [1.54, 1.807) is 19.1 Å². The number of amides is 1. The lowest BCUT2D eigenvalue weighted by Crippen LogP contribution is -2.53. The number of aromatic nitrogens is 3. The predicted molar refractivity (Wildman–Crippen MR) is 80.1 cm³/mol. The molecule has 9 heteroatoms. The summed E-state index contributed by atoms with van der Waals surface area (Å²) in [6.45, 7) is 2.09. The van der Waals surface area contributed by atoms with Crippen molar-refractivity contribution in [2.24, 2.45) is 0 Å². The summed E-state index contributed by atoms with van der Waals surface area (Å²) >= 11 is 0. The molecule has 0 aromatic carbocycles. The highest BCUT2D eigenvalue weighted by atomic mass is 19.4. The van der Waals surface area contributed by atoms with Crippen molar-refractivity contribution in [3.63, 3.8) is 0 Å². The lowest BCUT2D eigenvalue weighted by atomic mass is 10.2. The summed E-state index contributed by atoms with van der Waals surface area (Å²) in [4.78, 5) is 24.9. The Morgan fingerprint density at radius 3 is 2.75 bits per heavy atom. The number of carbonyl (C=O) groups is 1. The molecule has 24 heavy (non-hydrogen) atoms. The molecule has 1 fully saturated rings. The van der Waals surface area contributed by atoms with Gasteiger partial charge in [-0.15, -0.1) is 0 Å². The smallest absolute Gasteiger partial charge is 0.350 e. The molecule has 0 bridgehead atoms. The Labute approximate surface area is 135 Å². The van der Waals surface area contributed by atoms with Gasteiger partial charge in [-0.25, -0.2) is 9.97 Å². The Bertz CT molecular complexity index is 751. The van der Waals surface area contributed by atoms with Gasteiger partial charge in [0.05, 0.1) is 6.54 Å². The van der Waals surface area contributed by atoms with Crippen LogP contribution in [0.25, 0.3) is 11.4 Å². The molecule has 1 N–H and O–H groups in total. The number of piperazine rings is 1. The number of anilines is 1. The largest absolute Gasteiger partial charge is 0.433 e. The van der Waals surface area contributed by atoms with Crippen molar-refractivity contribution in [1.82, 2.24) is 20.3 Å². The molecule has 0 spiro atoms. The molecular formula is C15H14F3N5O. The number of carbonyl (C=O) groups excluding carboxylic acids is 1. The summed E-state index contributed by atoms with van der Waals surface area (Å²) in [5.74, 6) is -0.270. The van der Waals surface area contributed by atoms with Gasteiger partial charge >= 0.3 is 6.18 Å². The van der Waals surface area contributed by atoms with Crippen LogP contribution in [0.5, 0.6) is 0 Å². The number of halogens is 3. The minimum Gasteiger partial charge on any atom is -0.350 e. The van der Waals surface area contributed by atoms with Crippen LogP contribution < -0.4 is 10.2 Å². The highest BCUT2D eigenvalue weighted by molar-refractivity contribution is 5.82. The fraction of sp³-hybridized carbons (Fsp3) is 0.333. The molecule has 2 aromatic rings. The summed E-state index contributed by atoms with van der Waals surface area (Å²) in [5.41, 5.74) is -0.677. The van der Waals surface area contributed by atoms with Crippen LogP contribution in [0, 0.1) is 0 Å². The maximum atomic E-state index is 13.2. The fourth-order valence-corrected chi connectivity index (χ4v) is 2.47. The molecule has 1 saturated heterocycles. The van der Waals surface area contributed by atoms with Gasteiger partial charge in [0.15, 0.2) is 11.5 Å². The average molecular weight is 337 g/mol. The number of hydrogen-bond donors (Lipinski definition) is 1. The molecule has 3 rings (SSSR count). The van der Waals surface area contributed by atoms with Crippen molar-refractivity contribution < 1.29 is 18.0 Å². The molecular weight excluding hydrogens is 323 g/mol. The van der Waals surface area contributed by atoms with Crippen molar-refractivity contribution in [3.05, 3.63) is 36.3 Å². The Hall–Kier alpha value is -2.71. The van der Waals surface area contributed by atoms with Gasteiger partial charge in [-0.2, -0.15) is 13.2 Å². The van der Waals surface area contributed by atoms with E-state index >= 15 is 0 Å². The topological polar surface area (TPSA) is 71.0 Å². The minimum atomic E-state index is -4.61. The van der Waals surface area contributed by atoms with E-state index in [2.05, 4.69) is 20.3 Å². The van der Waals surface area contributed by atoms with E-state index < -0.39 is 11.9 Å². The van der Waals surface area contributed by atoms with Gasteiger partial charge in [0.1, 0.15) is 5.82 Å². The zero-order chi connectivity index (χ0) is 17.3. The number of alkyl halides is 3. The molecule has 1 unspecified atom stereocenters. The molecule has 0 saturated carbocycles. The van der Waals surface area contributed by atoms with Crippen LogP contribution in [0.2, 0.25) is 0 Å². The monoisotopic (exact) mass is 337 g/mol. The van der Waals surface area contributed by atoms with E-state index in [1.807, 2.05) is 0 Å². The summed E-state index contributed by atoms with van der Waals surface area (Å²) in [6, 6.07) is 3.86. The third kappa shape index (κ3) is 3.44. The second-order valence-electron chi connectivity index (χ2n) is 5.52. The first-order valence-corrected chi connectivity index (χ1v) is 7.24. The SMILES string of the molecule is CC1CN(c2cc(C(F)(F)F)nc(-c3cccnc3)n2)CC(=O)N1. The molecule has 6 nitrogen and oxygen atoms in total. The van der Waals surface area contributed by atoms with Gasteiger partial charge in [0, 0.05) is 36.6 Å². The molecule has 2 aromatic heterocycles. The van der Waals surface area contributed by atoms with Crippen LogP contribution in [0.15, 0.2) is 30.6 Å². The second kappa shape index (κ2) is 6.06. The van der Waals surface area contributed by atoms with Gasteiger partial charge in [-0.05, 0) is 19.1 Å². The zero-order valence-electron chi connectivity index (χ0n) is 12.7. The average Bonchev–Trinajstić information content (AvgIpc) is 2.53. The standard InChI is InChI=1S/C15H14F3N5O/c1-9-7-23(8-13(24)20-9)12-5-11(15(16,17)18)21-14(22-12)10-3-2-4-19-6-10/h2-6,9H,7-8H2,1H3,(H,20,24). The number of nitrogens with zero attached hydrogens (tertiary/aromatic N) is 4. The van der Waals surface area contributed by atoms with Gasteiger partial charge < -0.3 is 10.2 Å². The maximum Gasteiger partial charge on any atom is 0.433 e. The normalized spacial score (nSPS) is 18.4. The predicted octanol–water partition coefficient (Wildman–Crippen LogP) is 1.88. The van der Waals surface area contributed by atoms with E-state index in [4.69, 9.17) is 0 Å². The third-order valence-corrected chi connectivity index (χ3v) is 3.48. The first-order chi connectivity index (χ1) is 11.3. The van der Waals surface area contributed by atoms with E-state index in [0.717, 1.165) is 6.07 Å². The first kappa shape index (κ1) is 16.2. The minimum absolute atomic E-state index is 0.0505. The summed E-state index contributed by atoms with van der Waals surface area (Å²) in [7, 11) is 0. The molecule has 0 radical (unpaired) electrons. The van der Waals surface area contributed by atoms with Crippen molar-refractivity contribution >= 4 is 11.7 Å². The van der Waals surface area contributed by atoms with Gasteiger partial charge in [-0.1, -0.05) is 0 Å². The lowest BCUT2D eigenvalue weighted by Gasteiger charge is -2.32. The molecule has 1 aliphatic rings. The van der Waals surface area contributed by atoms with Crippen LogP contribution in [0.4, 0.5) is 19.0 Å². The van der Waals surface area contributed by atoms with Crippen LogP contribution in [0.1, 0.15) is 12.6 Å². The summed E-state index contributed by atoms with van der Waals surface area (Å²) in [5, 5.41) is 2.71. The van der Waals surface area contributed by atoms with Crippen molar-refractivity contribution in [1.29, 1.82) is 0 Å². The van der Waals surface area contributed by atoms with E-state index in [-0.39, 0.29) is 30.1 Å². The van der Waals surface area contributed by atoms with Crippen LogP contribution in [-0.4, -0.2) is 40.0 Å². The Kier molecular flexibility index (Phi) is 4.08. The van der Waals surface area contributed by atoms with E-state index in [1.165, 1.54) is 17.3 Å². The fourth-order valence-electron chi connectivity index (χ4n) is 2.47. The Morgan fingerprint density at radius 1 is 1.33 bits per heavy atom. The second-order valence-corrected chi connectivity index (χ2v) is 5.52.